The second-order valence-corrected chi connectivity index (χ2v) is 8.52. The van der Waals surface area contributed by atoms with Gasteiger partial charge in [-0.25, -0.2) is 0 Å². The van der Waals surface area contributed by atoms with E-state index in [-0.39, 0.29) is 5.54 Å². The van der Waals surface area contributed by atoms with Gasteiger partial charge in [-0.2, -0.15) is 0 Å². The molecule has 5 unspecified atom stereocenters. The van der Waals surface area contributed by atoms with Gasteiger partial charge in [0.25, 0.3) is 0 Å². The SMILES string of the molecule is CCC1(C(C)CC(CN2CC2)C2CC2)C(N)CCC(C)N1C. The van der Waals surface area contributed by atoms with Gasteiger partial charge in [-0.3, -0.25) is 4.90 Å². The molecular weight excluding hydrogens is 270 g/mol. The first-order valence-electron chi connectivity index (χ1n) is 9.69. The van der Waals surface area contributed by atoms with E-state index < -0.39 is 0 Å². The Hall–Kier alpha value is -0.120. The minimum atomic E-state index is 0.212. The van der Waals surface area contributed by atoms with Crippen molar-refractivity contribution in [1.29, 1.82) is 0 Å². The van der Waals surface area contributed by atoms with E-state index in [1.165, 1.54) is 58.2 Å². The molecule has 5 atom stereocenters. The average molecular weight is 308 g/mol. The molecule has 1 saturated carbocycles. The zero-order valence-electron chi connectivity index (χ0n) is 15.2. The normalized spacial score (nSPS) is 39.7. The molecule has 3 heteroatoms. The lowest BCUT2D eigenvalue weighted by molar-refractivity contribution is -0.0375. The van der Waals surface area contributed by atoms with Crippen LogP contribution in [0.25, 0.3) is 0 Å². The third kappa shape index (κ3) is 3.09. The van der Waals surface area contributed by atoms with Crippen molar-refractivity contribution in [3.8, 4) is 0 Å². The number of hydrogen-bond donors (Lipinski definition) is 1. The molecule has 2 heterocycles. The van der Waals surface area contributed by atoms with Crippen LogP contribution in [0.3, 0.4) is 0 Å². The largest absolute Gasteiger partial charge is 0.326 e. The number of piperidine rings is 1. The highest BCUT2D eigenvalue weighted by Crippen LogP contribution is 2.46. The van der Waals surface area contributed by atoms with E-state index in [9.17, 15) is 0 Å². The molecule has 128 valence electrons. The van der Waals surface area contributed by atoms with E-state index in [0.29, 0.717) is 18.0 Å². The maximum Gasteiger partial charge on any atom is 0.0383 e. The summed E-state index contributed by atoms with van der Waals surface area (Å²) in [6.45, 7) is 11.3. The van der Waals surface area contributed by atoms with Gasteiger partial charge in [0.1, 0.15) is 0 Å². The van der Waals surface area contributed by atoms with Crippen molar-refractivity contribution in [1.82, 2.24) is 9.80 Å². The van der Waals surface area contributed by atoms with Crippen LogP contribution in [0.5, 0.6) is 0 Å². The van der Waals surface area contributed by atoms with Gasteiger partial charge >= 0.3 is 0 Å². The second-order valence-electron chi connectivity index (χ2n) is 8.52. The smallest absolute Gasteiger partial charge is 0.0383 e. The minimum Gasteiger partial charge on any atom is -0.326 e. The fourth-order valence-electron chi connectivity index (χ4n) is 5.34. The van der Waals surface area contributed by atoms with Gasteiger partial charge in [0.05, 0.1) is 0 Å². The Morgan fingerprint density at radius 3 is 2.41 bits per heavy atom. The molecule has 0 aromatic heterocycles. The number of likely N-dealkylation sites (N-methyl/N-ethyl adjacent to an activating group) is 1. The summed E-state index contributed by atoms with van der Waals surface area (Å²) in [6, 6.07) is 1.02. The number of nitrogens with zero attached hydrogens (tertiary/aromatic N) is 2. The lowest BCUT2D eigenvalue weighted by atomic mass is 9.67. The molecule has 2 saturated heterocycles. The molecule has 0 aromatic rings. The van der Waals surface area contributed by atoms with Gasteiger partial charge in [-0.1, -0.05) is 13.8 Å². The Bertz CT molecular complexity index is 377. The van der Waals surface area contributed by atoms with Crippen molar-refractivity contribution in [2.24, 2.45) is 23.5 Å². The van der Waals surface area contributed by atoms with Crippen LogP contribution in [-0.2, 0) is 0 Å². The van der Waals surface area contributed by atoms with E-state index in [2.05, 4.69) is 37.6 Å². The van der Waals surface area contributed by atoms with Crippen LogP contribution in [-0.4, -0.2) is 54.1 Å². The molecule has 3 nitrogen and oxygen atoms in total. The summed E-state index contributed by atoms with van der Waals surface area (Å²) in [5, 5.41) is 0. The Morgan fingerprint density at radius 2 is 1.86 bits per heavy atom. The van der Waals surface area contributed by atoms with Crippen molar-refractivity contribution >= 4 is 0 Å². The lowest BCUT2D eigenvalue weighted by Crippen LogP contribution is -2.67. The monoisotopic (exact) mass is 307 g/mol. The predicted octanol–water partition coefficient (Wildman–Crippen LogP) is 2.94. The van der Waals surface area contributed by atoms with Crippen LogP contribution >= 0.6 is 0 Å². The highest BCUT2D eigenvalue weighted by molar-refractivity contribution is 5.06. The zero-order chi connectivity index (χ0) is 15.9. The molecule has 2 N–H and O–H groups in total. The molecule has 22 heavy (non-hydrogen) atoms. The lowest BCUT2D eigenvalue weighted by Gasteiger charge is -2.56. The van der Waals surface area contributed by atoms with E-state index in [1.54, 1.807) is 0 Å². The van der Waals surface area contributed by atoms with Crippen molar-refractivity contribution in [3.63, 3.8) is 0 Å². The summed E-state index contributed by atoms with van der Waals surface area (Å²) < 4.78 is 0. The summed E-state index contributed by atoms with van der Waals surface area (Å²) in [5.41, 5.74) is 6.92. The van der Waals surface area contributed by atoms with Crippen LogP contribution in [0.15, 0.2) is 0 Å². The van der Waals surface area contributed by atoms with Crippen LogP contribution in [0.4, 0.5) is 0 Å². The molecule has 0 bridgehead atoms. The maximum absolute atomic E-state index is 6.71. The second kappa shape index (κ2) is 6.41. The van der Waals surface area contributed by atoms with Crippen LogP contribution < -0.4 is 5.73 Å². The Labute approximate surface area is 137 Å². The molecule has 0 spiro atoms. The fraction of sp³-hybridized carbons (Fsp3) is 1.00. The van der Waals surface area contributed by atoms with Gasteiger partial charge in [-0.15, -0.1) is 0 Å². The fourth-order valence-corrected chi connectivity index (χ4v) is 5.34. The first kappa shape index (κ1) is 16.7. The molecule has 3 fully saturated rings. The van der Waals surface area contributed by atoms with Crippen molar-refractivity contribution in [3.05, 3.63) is 0 Å². The maximum atomic E-state index is 6.71. The number of rotatable bonds is 7. The molecule has 0 aromatic carbocycles. The van der Waals surface area contributed by atoms with Crippen molar-refractivity contribution < 1.29 is 0 Å². The topological polar surface area (TPSA) is 32.3 Å². The van der Waals surface area contributed by atoms with E-state index >= 15 is 0 Å². The molecule has 2 aliphatic heterocycles. The van der Waals surface area contributed by atoms with Crippen LogP contribution in [0, 0.1) is 17.8 Å². The number of hydrogen-bond acceptors (Lipinski definition) is 3. The van der Waals surface area contributed by atoms with Gasteiger partial charge in [-0.05, 0) is 70.3 Å². The zero-order valence-corrected chi connectivity index (χ0v) is 15.2. The highest BCUT2D eigenvalue weighted by atomic mass is 15.3. The summed E-state index contributed by atoms with van der Waals surface area (Å²) in [7, 11) is 2.33. The summed E-state index contributed by atoms with van der Waals surface area (Å²) in [5.74, 6) is 2.63. The minimum absolute atomic E-state index is 0.212. The summed E-state index contributed by atoms with van der Waals surface area (Å²) in [6.07, 6.45) is 7.97. The van der Waals surface area contributed by atoms with E-state index in [0.717, 1.165) is 11.8 Å². The Morgan fingerprint density at radius 1 is 1.18 bits per heavy atom. The Kier molecular flexibility index (Phi) is 4.87. The molecule has 1 aliphatic carbocycles. The standard InChI is InChI=1S/C19H37N3/c1-5-19(18(20)9-6-15(3)21(19)4)14(2)12-17(16-7-8-16)13-22-10-11-22/h14-18H,5-13,20H2,1-4H3. The first-order chi connectivity index (χ1) is 10.5. The van der Waals surface area contributed by atoms with Crippen LogP contribution in [0.1, 0.15) is 59.3 Å². The summed E-state index contributed by atoms with van der Waals surface area (Å²) >= 11 is 0. The Balaban J connectivity index is 1.72. The number of likely N-dealkylation sites (tertiary alicyclic amines) is 1. The molecule has 3 rings (SSSR count). The van der Waals surface area contributed by atoms with Gasteiger partial charge in [0.15, 0.2) is 0 Å². The third-order valence-corrected chi connectivity index (χ3v) is 7.25. The van der Waals surface area contributed by atoms with Gasteiger partial charge < -0.3 is 10.6 Å². The quantitative estimate of drug-likeness (QED) is 0.734. The van der Waals surface area contributed by atoms with Crippen molar-refractivity contribution in [2.75, 3.05) is 26.7 Å². The first-order valence-corrected chi connectivity index (χ1v) is 9.69. The average Bonchev–Trinajstić information content (AvgIpc) is 3.37. The highest BCUT2D eigenvalue weighted by Gasteiger charge is 2.49. The van der Waals surface area contributed by atoms with Crippen molar-refractivity contribution in [2.45, 2.75) is 76.9 Å². The molecular formula is C19H37N3. The predicted molar refractivity (Wildman–Crippen MR) is 93.9 cm³/mol. The number of nitrogens with two attached hydrogens (primary N) is 1. The van der Waals surface area contributed by atoms with E-state index in [4.69, 9.17) is 5.73 Å². The third-order valence-electron chi connectivity index (χ3n) is 7.25. The molecule has 0 radical (unpaired) electrons. The summed E-state index contributed by atoms with van der Waals surface area (Å²) in [4.78, 5) is 5.27. The van der Waals surface area contributed by atoms with Gasteiger partial charge in [0.2, 0.25) is 0 Å². The van der Waals surface area contributed by atoms with E-state index in [1.807, 2.05) is 0 Å². The van der Waals surface area contributed by atoms with Crippen LogP contribution in [0.2, 0.25) is 0 Å². The molecule has 3 aliphatic rings. The van der Waals surface area contributed by atoms with Gasteiger partial charge in [0, 0.05) is 37.3 Å². The molecule has 0 amide bonds.